The van der Waals surface area contributed by atoms with Crippen LogP contribution in [0.25, 0.3) is 67.2 Å². The number of hydrogen-bond donors (Lipinski definition) is 0. The summed E-state index contributed by atoms with van der Waals surface area (Å²) in [6.45, 7) is 0. The molecule has 0 atom stereocenters. The van der Waals surface area contributed by atoms with Gasteiger partial charge >= 0.3 is 0 Å². The lowest BCUT2D eigenvalue weighted by atomic mass is 10.0. The minimum absolute atomic E-state index is 0.626. The van der Waals surface area contributed by atoms with E-state index < -0.39 is 0 Å². The van der Waals surface area contributed by atoms with Gasteiger partial charge < -0.3 is 9.32 Å². The molecule has 2 aromatic heterocycles. The van der Waals surface area contributed by atoms with Gasteiger partial charge in [-0.15, -0.1) is 0 Å². The third-order valence-electron chi connectivity index (χ3n) is 9.30. The predicted molar refractivity (Wildman–Crippen MR) is 208 cm³/mol. The first-order valence-corrected chi connectivity index (χ1v) is 17.7. The summed E-state index contributed by atoms with van der Waals surface area (Å²) in [5, 5.41) is 2.18. The van der Waals surface area contributed by atoms with Crippen molar-refractivity contribution < 1.29 is 4.42 Å². The van der Waals surface area contributed by atoms with Crippen molar-refractivity contribution in [2.24, 2.45) is 0 Å². The fraction of sp³-hybridized carbons (Fsp3) is 0. The summed E-state index contributed by atoms with van der Waals surface area (Å²) >= 11 is 1.81. The van der Waals surface area contributed by atoms with Gasteiger partial charge in [0.25, 0.3) is 0 Å². The highest BCUT2D eigenvalue weighted by Gasteiger charge is 2.25. The lowest BCUT2D eigenvalue weighted by Crippen LogP contribution is -2.14. The zero-order valence-electron chi connectivity index (χ0n) is 27.3. The number of fused-ring (bicyclic) bond motifs is 5. The Kier molecular flexibility index (Phi) is 6.99. The van der Waals surface area contributed by atoms with Crippen molar-refractivity contribution in [2.45, 2.75) is 9.79 Å². The van der Waals surface area contributed by atoms with E-state index in [1.165, 1.54) is 21.2 Å². The molecule has 0 aliphatic carbocycles. The Hall–Kier alpha value is -6.50. The zero-order chi connectivity index (χ0) is 33.7. The summed E-state index contributed by atoms with van der Waals surface area (Å²) in [6, 6.07) is 58.6. The Balaban J connectivity index is 1.04. The minimum Gasteiger partial charge on any atom is -0.456 e. The van der Waals surface area contributed by atoms with E-state index in [0.717, 1.165) is 55.4 Å². The number of anilines is 3. The smallest absolute Gasteiger partial charge is 0.164 e. The first-order valence-electron chi connectivity index (χ1n) is 16.9. The van der Waals surface area contributed by atoms with Crippen molar-refractivity contribution >= 4 is 50.8 Å². The summed E-state index contributed by atoms with van der Waals surface area (Å²) in [4.78, 5) is 19.5. The summed E-state index contributed by atoms with van der Waals surface area (Å²) in [7, 11) is 0. The highest BCUT2D eigenvalue weighted by Crippen LogP contribution is 2.51. The van der Waals surface area contributed by atoms with Crippen LogP contribution in [0.15, 0.2) is 184 Å². The maximum absolute atomic E-state index is 6.60. The molecule has 0 bridgehead atoms. The molecule has 0 amide bonds. The first kappa shape index (κ1) is 29.4. The fourth-order valence-electron chi connectivity index (χ4n) is 6.84. The van der Waals surface area contributed by atoms with Crippen LogP contribution in [-0.4, -0.2) is 15.0 Å². The molecule has 0 N–H and O–H groups in total. The third-order valence-corrected chi connectivity index (χ3v) is 10.4. The van der Waals surface area contributed by atoms with Crippen molar-refractivity contribution in [1.29, 1.82) is 0 Å². The molecule has 0 radical (unpaired) electrons. The molecular formula is C45H28N4OS. The van der Waals surface area contributed by atoms with E-state index in [-0.39, 0.29) is 0 Å². The molecule has 1 aliphatic rings. The van der Waals surface area contributed by atoms with Crippen molar-refractivity contribution in [3.63, 3.8) is 0 Å². The normalized spacial score (nSPS) is 12.2. The molecule has 10 rings (SSSR count). The lowest BCUT2D eigenvalue weighted by molar-refractivity contribution is 0.669. The van der Waals surface area contributed by atoms with Crippen LogP contribution in [0.3, 0.4) is 0 Å². The van der Waals surface area contributed by atoms with Gasteiger partial charge in [0.2, 0.25) is 0 Å². The molecule has 1 aliphatic heterocycles. The Morgan fingerprint density at radius 3 is 1.53 bits per heavy atom. The molecule has 5 nitrogen and oxygen atoms in total. The maximum atomic E-state index is 6.60. The van der Waals surface area contributed by atoms with Gasteiger partial charge in [-0.1, -0.05) is 121 Å². The SMILES string of the molecule is c1ccc(-c2nc(-c3ccccc3)nc(-c3cccc(-c4ccc5c(c4)oc4cc(N6c7ccccc7Sc7ccccc76)ccc45)c3)n2)cc1. The van der Waals surface area contributed by atoms with Crippen molar-refractivity contribution in [2.75, 3.05) is 4.90 Å². The molecule has 51 heavy (non-hydrogen) atoms. The average molecular weight is 673 g/mol. The summed E-state index contributed by atoms with van der Waals surface area (Å²) < 4.78 is 6.60. The Labute approximate surface area is 298 Å². The van der Waals surface area contributed by atoms with Crippen LogP contribution in [-0.2, 0) is 0 Å². The van der Waals surface area contributed by atoms with E-state index in [9.17, 15) is 0 Å². The second-order valence-corrected chi connectivity index (χ2v) is 13.6. The zero-order valence-corrected chi connectivity index (χ0v) is 28.1. The second-order valence-electron chi connectivity index (χ2n) is 12.5. The van der Waals surface area contributed by atoms with Crippen LogP contribution < -0.4 is 4.90 Å². The minimum atomic E-state index is 0.626. The number of rotatable bonds is 5. The number of furan rings is 1. The fourth-order valence-corrected chi connectivity index (χ4v) is 7.90. The number of para-hydroxylation sites is 2. The van der Waals surface area contributed by atoms with E-state index in [4.69, 9.17) is 19.4 Å². The van der Waals surface area contributed by atoms with Gasteiger partial charge in [-0.3, -0.25) is 0 Å². The van der Waals surface area contributed by atoms with Crippen LogP contribution >= 0.6 is 11.8 Å². The quantitative estimate of drug-likeness (QED) is 0.181. The summed E-state index contributed by atoms with van der Waals surface area (Å²) in [5.41, 5.74) is 10.0. The van der Waals surface area contributed by atoms with Crippen LogP contribution in [0.5, 0.6) is 0 Å². The van der Waals surface area contributed by atoms with Crippen LogP contribution in [0, 0.1) is 0 Å². The number of hydrogen-bond acceptors (Lipinski definition) is 6. The monoisotopic (exact) mass is 672 g/mol. The number of nitrogens with zero attached hydrogens (tertiary/aromatic N) is 4. The van der Waals surface area contributed by atoms with Gasteiger partial charge in [0.15, 0.2) is 17.5 Å². The van der Waals surface area contributed by atoms with E-state index in [1.807, 2.05) is 72.4 Å². The lowest BCUT2D eigenvalue weighted by Gasteiger charge is -2.32. The molecule has 6 heteroatoms. The van der Waals surface area contributed by atoms with Gasteiger partial charge in [-0.25, -0.2) is 15.0 Å². The van der Waals surface area contributed by atoms with Crippen LogP contribution in [0.4, 0.5) is 17.1 Å². The molecule has 0 unspecified atom stereocenters. The maximum Gasteiger partial charge on any atom is 0.164 e. The van der Waals surface area contributed by atoms with Gasteiger partial charge in [0.05, 0.1) is 11.4 Å². The molecule has 7 aromatic carbocycles. The topological polar surface area (TPSA) is 55.1 Å². The van der Waals surface area contributed by atoms with E-state index >= 15 is 0 Å². The molecular weight excluding hydrogens is 645 g/mol. The molecule has 0 saturated carbocycles. The van der Waals surface area contributed by atoms with E-state index in [1.54, 1.807) is 0 Å². The first-order chi connectivity index (χ1) is 25.2. The van der Waals surface area contributed by atoms with Crippen LogP contribution in [0.2, 0.25) is 0 Å². The van der Waals surface area contributed by atoms with E-state index in [0.29, 0.717) is 17.5 Å². The predicted octanol–water partition coefficient (Wildman–Crippen LogP) is 12.4. The van der Waals surface area contributed by atoms with Crippen molar-refractivity contribution in [1.82, 2.24) is 15.0 Å². The van der Waals surface area contributed by atoms with E-state index in [2.05, 4.69) is 114 Å². The second kappa shape index (κ2) is 12.1. The largest absolute Gasteiger partial charge is 0.456 e. The average Bonchev–Trinajstić information content (AvgIpc) is 3.57. The van der Waals surface area contributed by atoms with Crippen molar-refractivity contribution in [3.05, 3.63) is 170 Å². The molecule has 9 aromatic rings. The molecule has 3 heterocycles. The molecule has 0 saturated heterocycles. The highest BCUT2D eigenvalue weighted by molar-refractivity contribution is 7.99. The Morgan fingerprint density at radius 1 is 0.392 bits per heavy atom. The van der Waals surface area contributed by atoms with Crippen LogP contribution in [0.1, 0.15) is 0 Å². The standard InChI is InChI=1S/C45H28N4OS/c1-3-12-29(13-4-1)43-46-44(30-14-5-2-6-15-30)48-45(47-43)33-17-11-16-31(26-33)32-22-24-35-36-25-23-34(28-40(36)50-39(35)27-32)49-37-18-7-9-20-41(37)51-42-21-10-8-19-38(42)49/h1-28H. The van der Waals surface area contributed by atoms with Gasteiger partial charge in [0.1, 0.15) is 11.2 Å². The molecule has 0 fully saturated rings. The van der Waals surface area contributed by atoms with Gasteiger partial charge in [0, 0.05) is 49.0 Å². The Bertz CT molecular complexity index is 2640. The van der Waals surface area contributed by atoms with Gasteiger partial charge in [-0.2, -0.15) is 0 Å². The Morgan fingerprint density at radius 2 is 0.882 bits per heavy atom. The van der Waals surface area contributed by atoms with Gasteiger partial charge in [-0.05, 0) is 65.7 Å². The third kappa shape index (κ3) is 5.25. The summed E-state index contributed by atoms with van der Waals surface area (Å²) in [5.74, 6) is 1.91. The highest BCUT2D eigenvalue weighted by atomic mass is 32.2. The molecule has 0 spiro atoms. The number of benzene rings is 7. The van der Waals surface area contributed by atoms with Crippen molar-refractivity contribution in [3.8, 4) is 45.3 Å². The number of aromatic nitrogens is 3. The molecule has 240 valence electrons. The summed E-state index contributed by atoms with van der Waals surface area (Å²) in [6.07, 6.45) is 0.